The van der Waals surface area contributed by atoms with E-state index in [-0.39, 0.29) is 12.2 Å². The van der Waals surface area contributed by atoms with Crippen molar-refractivity contribution in [1.82, 2.24) is 0 Å². The fraction of sp³-hybridized carbons (Fsp3) is 0.600. The van der Waals surface area contributed by atoms with Gasteiger partial charge in [-0.15, -0.1) is 0 Å². The summed E-state index contributed by atoms with van der Waals surface area (Å²) in [5, 5.41) is 0. The Labute approximate surface area is 126 Å². The minimum Gasteiger partial charge on any atom is -0.379 e. The third-order valence-electron chi connectivity index (χ3n) is 3.61. The van der Waals surface area contributed by atoms with Gasteiger partial charge in [-0.1, -0.05) is 30.3 Å². The molecule has 1 fully saturated rings. The predicted octanol–water partition coefficient (Wildman–Crippen LogP) is 2.12. The first-order valence-electron chi connectivity index (χ1n) is 7.04. The second kappa shape index (κ2) is 7.35. The molecule has 118 valence electrons. The Morgan fingerprint density at radius 3 is 2.48 bits per heavy atom. The van der Waals surface area contributed by atoms with Crippen LogP contribution < -0.4 is 0 Å². The SMILES string of the molecule is CO[C@@H]1C[C@H](OCc2ccccc2)CC[C@H]1OS(C)(=O)=O. The number of methoxy groups -OCH3 is 1. The van der Waals surface area contributed by atoms with Gasteiger partial charge in [0.15, 0.2) is 0 Å². The molecule has 0 bridgehead atoms. The molecular formula is C15H22O5S. The Kier molecular flexibility index (Phi) is 5.75. The summed E-state index contributed by atoms with van der Waals surface area (Å²) in [4.78, 5) is 0. The standard InChI is InChI=1S/C15H22O5S/c1-18-15-10-13(8-9-14(15)20-21(2,16)17)19-11-12-6-4-3-5-7-12/h3-7,13-15H,8-11H2,1-2H3/t13-,14-,15-/m1/s1. The number of benzene rings is 1. The van der Waals surface area contributed by atoms with E-state index in [0.29, 0.717) is 19.4 Å². The smallest absolute Gasteiger partial charge is 0.264 e. The molecule has 0 N–H and O–H groups in total. The highest BCUT2D eigenvalue weighted by Gasteiger charge is 2.34. The van der Waals surface area contributed by atoms with Crippen LogP contribution in [0.3, 0.4) is 0 Å². The summed E-state index contributed by atoms with van der Waals surface area (Å²) in [6, 6.07) is 9.97. The first kappa shape index (κ1) is 16.4. The molecule has 5 nitrogen and oxygen atoms in total. The van der Waals surface area contributed by atoms with E-state index >= 15 is 0 Å². The van der Waals surface area contributed by atoms with Crippen molar-refractivity contribution in [1.29, 1.82) is 0 Å². The molecule has 0 aromatic heterocycles. The van der Waals surface area contributed by atoms with Crippen LogP contribution in [0, 0.1) is 0 Å². The summed E-state index contributed by atoms with van der Waals surface area (Å²) in [5.41, 5.74) is 1.13. The first-order valence-corrected chi connectivity index (χ1v) is 8.86. The largest absolute Gasteiger partial charge is 0.379 e. The molecule has 0 spiro atoms. The summed E-state index contributed by atoms with van der Waals surface area (Å²) in [7, 11) is -1.89. The van der Waals surface area contributed by atoms with Gasteiger partial charge in [0, 0.05) is 13.5 Å². The molecule has 0 amide bonds. The molecule has 1 aromatic rings. The van der Waals surface area contributed by atoms with Crippen molar-refractivity contribution >= 4 is 10.1 Å². The van der Waals surface area contributed by atoms with Gasteiger partial charge >= 0.3 is 0 Å². The Bertz CT molecular complexity index is 528. The molecule has 0 heterocycles. The maximum Gasteiger partial charge on any atom is 0.264 e. The van der Waals surface area contributed by atoms with Crippen LogP contribution in [0.4, 0.5) is 0 Å². The Morgan fingerprint density at radius 2 is 1.86 bits per heavy atom. The molecule has 1 saturated carbocycles. The molecular weight excluding hydrogens is 292 g/mol. The minimum atomic E-state index is -3.46. The quantitative estimate of drug-likeness (QED) is 0.753. The lowest BCUT2D eigenvalue weighted by Gasteiger charge is -2.34. The maximum absolute atomic E-state index is 11.2. The van der Waals surface area contributed by atoms with Crippen LogP contribution in [0.5, 0.6) is 0 Å². The summed E-state index contributed by atoms with van der Waals surface area (Å²) >= 11 is 0. The Morgan fingerprint density at radius 1 is 1.14 bits per heavy atom. The predicted molar refractivity (Wildman–Crippen MR) is 79.4 cm³/mol. The van der Waals surface area contributed by atoms with Crippen molar-refractivity contribution < 1.29 is 22.1 Å². The number of ether oxygens (including phenoxy) is 2. The highest BCUT2D eigenvalue weighted by molar-refractivity contribution is 7.86. The van der Waals surface area contributed by atoms with Gasteiger partial charge in [0.05, 0.1) is 25.1 Å². The summed E-state index contributed by atoms with van der Waals surface area (Å²) in [6.07, 6.45) is 2.49. The van der Waals surface area contributed by atoms with Gasteiger partial charge in [0.25, 0.3) is 10.1 Å². The lowest BCUT2D eigenvalue weighted by molar-refractivity contribution is -0.0823. The zero-order chi connectivity index (χ0) is 15.3. The van der Waals surface area contributed by atoms with Crippen LogP contribution in [0.1, 0.15) is 24.8 Å². The lowest BCUT2D eigenvalue weighted by atomic mass is 9.92. The van der Waals surface area contributed by atoms with Crippen LogP contribution in [-0.2, 0) is 30.4 Å². The molecule has 1 aliphatic carbocycles. The van der Waals surface area contributed by atoms with Crippen molar-refractivity contribution in [2.75, 3.05) is 13.4 Å². The van der Waals surface area contributed by atoms with Crippen molar-refractivity contribution in [3.63, 3.8) is 0 Å². The van der Waals surface area contributed by atoms with Crippen LogP contribution in [-0.4, -0.2) is 40.1 Å². The molecule has 3 atom stereocenters. The molecule has 0 aliphatic heterocycles. The van der Waals surface area contributed by atoms with Gasteiger partial charge in [-0.3, -0.25) is 4.18 Å². The fourth-order valence-corrected chi connectivity index (χ4v) is 3.26. The van der Waals surface area contributed by atoms with E-state index in [2.05, 4.69) is 0 Å². The molecule has 2 rings (SSSR count). The normalized spacial score (nSPS) is 26.7. The monoisotopic (exact) mass is 314 g/mol. The van der Waals surface area contributed by atoms with Crippen LogP contribution in [0.15, 0.2) is 30.3 Å². The Balaban J connectivity index is 1.86. The highest BCUT2D eigenvalue weighted by atomic mass is 32.2. The fourth-order valence-electron chi connectivity index (χ4n) is 2.59. The van der Waals surface area contributed by atoms with E-state index in [4.69, 9.17) is 13.7 Å². The van der Waals surface area contributed by atoms with Crippen LogP contribution in [0.2, 0.25) is 0 Å². The lowest BCUT2D eigenvalue weighted by Crippen LogP contribution is -2.41. The zero-order valence-electron chi connectivity index (χ0n) is 12.4. The third-order valence-corrected chi connectivity index (χ3v) is 4.21. The van der Waals surface area contributed by atoms with Gasteiger partial charge in [0.2, 0.25) is 0 Å². The van der Waals surface area contributed by atoms with E-state index < -0.39 is 16.2 Å². The van der Waals surface area contributed by atoms with Gasteiger partial charge in [-0.2, -0.15) is 8.42 Å². The summed E-state index contributed by atoms with van der Waals surface area (Å²) < 4.78 is 38.8. The van der Waals surface area contributed by atoms with Crippen LogP contribution in [0.25, 0.3) is 0 Å². The first-order chi connectivity index (χ1) is 9.98. The van der Waals surface area contributed by atoms with E-state index in [9.17, 15) is 8.42 Å². The van der Waals surface area contributed by atoms with Crippen molar-refractivity contribution in [3.8, 4) is 0 Å². The second-order valence-corrected chi connectivity index (χ2v) is 6.95. The van der Waals surface area contributed by atoms with Gasteiger partial charge in [-0.05, 0) is 18.4 Å². The molecule has 21 heavy (non-hydrogen) atoms. The maximum atomic E-state index is 11.2. The summed E-state index contributed by atoms with van der Waals surface area (Å²) in [6.45, 7) is 0.555. The molecule has 0 saturated heterocycles. The number of hydrogen-bond donors (Lipinski definition) is 0. The van der Waals surface area contributed by atoms with Crippen molar-refractivity contribution in [3.05, 3.63) is 35.9 Å². The van der Waals surface area contributed by atoms with Gasteiger partial charge in [0.1, 0.15) is 6.10 Å². The van der Waals surface area contributed by atoms with Crippen LogP contribution >= 0.6 is 0 Å². The average molecular weight is 314 g/mol. The van der Waals surface area contributed by atoms with E-state index in [1.807, 2.05) is 30.3 Å². The summed E-state index contributed by atoms with van der Waals surface area (Å²) in [5.74, 6) is 0. The van der Waals surface area contributed by atoms with Crippen molar-refractivity contribution in [2.45, 2.75) is 44.2 Å². The third kappa shape index (κ3) is 5.39. The van der Waals surface area contributed by atoms with Gasteiger partial charge < -0.3 is 9.47 Å². The topological polar surface area (TPSA) is 61.8 Å². The van der Waals surface area contributed by atoms with Crippen molar-refractivity contribution in [2.24, 2.45) is 0 Å². The second-order valence-electron chi connectivity index (χ2n) is 5.34. The molecule has 6 heteroatoms. The average Bonchev–Trinajstić information content (AvgIpc) is 2.46. The Hall–Kier alpha value is -0.950. The molecule has 0 radical (unpaired) electrons. The molecule has 1 aromatic carbocycles. The number of hydrogen-bond acceptors (Lipinski definition) is 5. The molecule has 0 unspecified atom stereocenters. The molecule has 1 aliphatic rings. The van der Waals surface area contributed by atoms with E-state index in [1.165, 1.54) is 0 Å². The highest BCUT2D eigenvalue weighted by Crippen LogP contribution is 2.27. The van der Waals surface area contributed by atoms with E-state index in [1.54, 1.807) is 7.11 Å². The minimum absolute atomic E-state index is 0.0644. The van der Waals surface area contributed by atoms with Gasteiger partial charge in [-0.25, -0.2) is 0 Å². The zero-order valence-corrected chi connectivity index (χ0v) is 13.2. The number of rotatable bonds is 6. The van der Waals surface area contributed by atoms with E-state index in [0.717, 1.165) is 18.2 Å².